The molecule has 23 heavy (non-hydrogen) atoms. The molecule has 0 spiro atoms. The van der Waals surface area contributed by atoms with E-state index in [-0.39, 0.29) is 0 Å². The second kappa shape index (κ2) is 6.52. The molecule has 7 heteroatoms. The average Bonchev–Trinajstić information content (AvgIpc) is 3.21. The highest BCUT2D eigenvalue weighted by atomic mass is 32.1. The summed E-state index contributed by atoms with van der Waals surface area (Å²) in [6.07, 6.45) is 2.23. The number of hydrogen-bond acceptors (Lipinski definition) is 6. The van der Waals surface area contributed by atoms with Crippen molar-refractivity contribution >= 4 is 39.6 Å². The lowest BCUT2D eigenvalue weighted by Crippen LogP contribution is -2.29. The molecule has 3 rings (SSSR count). The van der Waals surface area contributed by atoms with Crippen molar-refractivity contribution in [3.8, 4) is 6.07 Å². The van der Waals surface area contributed by atoms with Crippen LogP contribution in [0.2, 0.25) is 0 Å². The van der Waals surface area contributed by atoms with Crippen LogP contribution in [0.25, 0.3) is 0 Å². The first kappa shape index (κ1) is 15.7. The van der Waals surface area contributed by atoms with Gasteiger partial charge in [0.1, 0.15) is 15.9 Å². The van der Waals surface area contributed by atoms with Gasteiger partial charge in [-0.2, -0.15) is 5.26 Å². The zero-order chi connectivity index (χ0) is 16.4. The van der Waals surface area contributed by atoms with Crippen molar-refractivity contribution in [1.29, 1.82) is 5.26 Å². The minimum Gasteiger partial charge on any atom is -0.448 e. The summed E-state index contributed by atoms with van der Waals surface area (Å²) in [5.41, 5.74) is 1.62. The number of thiophene rings is 2. The van der Waals surface area contributed by atoms with Gasteiger partial charge in [0.05, 0.1) is 5.56 Å². The Morgan fingerprint density at radius 3 is 3.00 bits per heavy atom. The van der Waals surface area contributed by atoms with Crippen LogP contribution in [0.15, 0.2) is 17.5 Å². The Morgan fingerprint density at radius 2 is 2.26 bits per heavy atom. The smallest absolute Gasteiger partial charge is 0.349 e. The number of esters is 1. The summed E-state index contributed by atoms with van der Waals surface area (Å²) < 4.78 is 5.24. The molecule has 1 N–H and O–H groups in total. The van der Waals surface area contributed by atoms with E-state index in [4.69, 9.17) is 10.00 Å². The lowest BCUT2D eigenvalue weighted by molar-refractivity contribution is -0.123. The minimum atomic E-state index is -0.923. The third kappa shape index (κ3) is 3.28. The lowest BCUT2D eigenvalue weighted by atomic mass is 10.2. The van der Waals surface area contributed by atoms with Crippen molar-refractivity contribution in [2.24, 2.45) is 0 Å². The van der Waals surface area contributed by atoms with E-state index < -0.39 is 18.0 Å². The molecule has 2 aromatic heterocycles. The molecular formula is C16H14N2O3S2. The van der Waals surface area contributed by atoms with Crippen LogP contribution < -0.4 is 5.32 Å². The zero-order valence-electron chi connectivity index (χ0n) is 12.4. The number of fused-ring (bicyclic) bond motifs is 1. The van der Waals surface area contributed by atoms with E-state index in [0.29, 0.717) is 15.4 Å². The number of aryl methyl sites for hydroxylation is 2. The minimum absolute atomic E-state index is 0.400. The Kier molecular flexibility index (Phi) is 4.46. The maximum atomic E-state index is 12.1. The molecular weight excluding hydrogens is 332 g/mol. The number of nitrogens with one attached hydrogen (secondary N) is 1. The van der Waals surface area contributed by atoms with Crippen molar-refractivity contribution in [2.45, 2.75) is 32.3 Å². The van der Waals surface area contributed by atoms with Crippen LogP contribution in [-0.2, 0) is 22.4 Å². The predicted octanol–water partition coefficient (Wildman–Crippen LogP) is 3.35. The van der Waals surface area contributed by atoms with Gasteiger partial charge in [-0.15, -0.1) is 22.7 Å². The van der Waals surface area contributed by atoms with E-state index in [0.717, 1.165) is 19.3 Å². The van der Waals surface area contributed by atoms with Crippen LogP contribution in [0.4, 0.5) is 5.00 Å². The molecule has 118 valence electrons. The van der Waals surface area contributed by atoms with Gasteiger partial charge in [-0.05, 0) is 49.3 Å². The van der Waals surface area contributed by atoms with Gasteiger partial charge in [0.15, 0.2) is 6.10 Å². The normalized spacial score (nSPS) is 13.9. The molecule has 1 amide bonds. The molecule has 0 saturated carbocycles. The monoisotopic (exact) mass is 346 g/mol. The van der Waals surface area contributed by atoms with Crippen molar-refractivity contribution in [3.05, 3.63) is 38.4 Å². The second-order valence-electron chi connectivity index (χ2n) is 5.22. The number of carbonyl (C=O) groups excluding carboxylic acids is 2. The maximum Gasteiger partial charge on any atom is 0.349 e. The molecule has 2 heterocycles. The number of nitriles is 1. The number of anilines is 1. The van der Waals surface area contributed by atoms with E-state index in [1.807, 2.05) is 12.1 Å². The van der Waals surface area contributed by atoms with E-state index in [9.17, 15) is 9.59 Å². The number of nitrogens with zero attached hydrogens (tertiary/aromatic N) is 1. The molecule has 0 aromatic carbocycles. The lowest BCUT2D eigenvalue weighted by Gasteiger charge is -2.12. The molecule has 0 radical (unpaired) electrons. The fourth-order valence-corrected chi connectivity index (χ4v) is 4.29. The fraction of sp³-hybridized carbons (Fsp3) is 0.312. The first-order valence-corrected chi connectivity index (χ1v) is 8.89. The van der Waals surface area contributed by atoms with Crippen LogP contribution in [0, 0.1) is 11.3 Å². The van der Waals surface area contributed by atoms with Gasteiger partial charge in [-0.3, -0.25) is 4.79 Å². The fourth-order valence-electron chi connectivity index (χ4n) is 2.41. The first-order valence-electron chi connectivity index (χ1n) is 7.19. The standard InChI is InChI=1S/C16H14N2O3S2/c1-9(14(19)18-15-11(8-17)5-6-22-15)21-16(20)13-7-10-3-2-4-12(10)23-13/h5-7,9H,2-4H2,1H3,(H,18,19)/t9-/m1/s1. The summed E-state index contributed by atoms with van der Waals surface area (Å²) in [5.74, 6) is -0.917. The van der Waals surface area contributed by atoms with Gasteiger partial charge in [-0.1, -0.05) is 0 Å². The zero-order valence-corrected chi connectivity index (χ0v) is 14.1. The molecule has 5 nitrogen and oxygen atoms in total. The summed E-state index contributed by atoms with van der Waals surface area (Å²) in [6, 6.07) is 5.50. The number of hydrogen-bond donors (Lipinski definition) is 1. The summed E-state index contributed by atoms with van der Waals surface area (Å²) in [5, 5.41) is 13.7. The van der Waals surface area contributed by atoms with E-state index in [1.165, 1.54) is 40.0 Å². The van der Waals surface area contributed by atoms with Gasteiger partial charge in [0.2, 0.25) is 0 Å². The van der Waals surface area contributed by atoms with E-state index >= 15 is 0 Å². The molecule has 0 bridgehead atoms. The highest BCUT2D eigenvalue weighted by Crippen LogP contribution is 2.31. The maximum absolute atomic E-state index is 12.1. The summed E-state index contributed by atoms with van der Waals surface area (Å²) in [7, 11) is 0. The summed E-state index contributed by atoms with van der Waals surface area (Å²) in [6.45, 7) is 1.52. The molecule has 0 aliphatic heterocycles. The molecule has 0 unspecified atom stereocenters. The third-order valence-corrected chi connectivity index (χ3v) is 5.67. The Labute approximate surface area is 141 Å². The Balaban J connectivity index is 1.61. The largest absolute Gasteiger partial charge is 0.448 e. The van der Waals surface area contributed by atoms with Gasteiger partial charge >= 0.3 is 5.97 Å². The molecule has 1 atom stereocenters. The summed E-state index contributed by atoms with van der Waals surface area (Å²) >= 11 is 2.71. The average molecular weight is 346 g/mol. The topological polar surface area (TPSA) is 79.2 Å². The Hall–Kier alpha value is -2.17. The quantitative estimate of drug-likeness (QED) is 0.861. The van der Waals surface area contributed by atoms with Crippen LogP contribution in [0.3, 0.4) is 0 Å². The molecule has 0 fully saturated rings. The van der Waals surface area contributed by atoms with Gasteiger partial charge in [-0.25, -0.2) is 4.79 Å². The highest BCUT2D eigenvalue weighted by molar-refractivity contribution is 7.14. The van der Waals surface area contributed by atoms with Crippen molar-refractivity contribution < 1.29 is 14.3 Å². The van der Waals surface area contributed by atoms with Crippen molar-refractivity contribution in [1.82, 2.24) is 0 Å². The molecule has 0 saturated heterocycles. The Bertz CT molecular complexity index is 779. The number of rotatable bonds is 4. The van der Waals surface area contributed by atoms with Crippen LogP contribution in [0.1, 0.15) is 39.0 Å². The van der Waals surface area contributed by atoms with Gasteiger partial charge < -0.3 is 10.1 Å². The molecule has 1 aliphatic carbocycles. The molecule has 2 aromatic rings. The third-order valence-electron chi connectivity index (χ3n) is 3.62. The van der Waals surface area contributed by atoms with Crippen molar-refractivity contribution in [2.75, 3.05) is 5.32 Å². The van der Waals surface area contributed by atoms with E-state index in [2.05, 4.69) is 5.32 Å². The molecule has 1 aliphatic rings. The first-order chi connectivity index (χ1) is 11.1. The van der Waals surface area contributed by atoms with Gasteiger partial charge in [0, 0.05) is 4.88 Å². The van der Waals surface area contributed by atoms with Crippen LogP contribution >= 0.6 is 22.7 Å². The SMILES string of the molecule is C[C@@H](OC(=O)c1cc2c(s1)CCC2)C(=O)Nc1sccc1C#N. The predicted molar refractivity (Wildman–Crippen MR) is 88.9 cm³/mol. The highest BCUT2D eigenvalue weighted by Gasteiger charge is 2.24. The van der Waals surface area contributed by atoms with Gasteiger partial charge in [0.25, 0.3) is 5.91 Å². The number of amides is 1. The second-order valence-corrected chi connectivity index (χ2v) is 7.28. The Morgan fingerprint density at radius 1 is 1.43 bits per heavy atom. The van der Waals surface area contributed by atoms with Crippen molar-refractivity contribution in [3.63, 3.8) is 0 Å². The van der Waals surface area contributed by atoms with Crippen LogP contribution in [-0.4, -0.2) is 18.0 Å². The van der Waals surface area contributed by atoms with Crippen LogP contribution in [0.5, 0.6) is 0 Å². The summed E-state index contributed by atoms with van der Waals surface area (Å²) in [4.78, 5) is 26.0. The van der Waals surface area contributed by atoms with E-state index in [1.54, 1.807) is 11.4 Å². The number of ether oxygens (including phenoxy) is 1. The number of carbonyl (C=O) groups is 2.